The van der Waals surface area contributed by atoms with Crippen LogP contribution in [0.5, 0.6) is 0 Å². The lowest BCUT2D eigenvalue weighted by atomic mass is 9.56. The lowest BCUT2D eigenvalue weighted by Gasteiger charge is -2.49. The number of hydrogen-bond acceptors (Lipinski definition) is 9. The number of fused-ring (bicyclic) bond motifs is 6. The molecule has 5 fully saturated rings. The molecule has 3 saturated heterocycles. The fraction of sp³-hybridized carbons (Fsp3) is 0.848. The van der Waals surface area contributed by atoms with Gasteiger partial charge < -0.3 is 40.0 Å². The molecule has 3 unspecified atom stereocenters. The zero-order valence-corrected chi connectivity index (χ0v) is 25.4. The molecule has 1 spiro atoms. The second-order valence-electron chi connectivity index (χ2n) is 14.9. The van der Waals surface area contributed by atoms with Gasteiger partial charge in [0, 0.05) is 23.5 Å². The van der Waals surface area contributed by atoms with Crippen LogP contribution >= 0.6 is 0 Å². The maximum absolute atomic E-state index is 14.5. The van der Waals surface area contributed by atoms with Crippen molar-refractivity contribution in [2.24, 2.45) is 40.9 Å². The molecule has 7 rings (SSSR count). The lowest BCUT2D eigenvalue weighted by Crippen LogP contribution is -2.57. The summed E-state index contributed by atoms with van der Waals surface area (Å²) in [5.74, 6) is 0.961. The van der Waals surface area contributed by atoms with Gasteiger partial charge in [-0.2, -0.15) is 0 Å². The average molecular weight is 588 g/mol. The van der Waals surface area contributed by atoms with Crippen LogP contribution < -0.4 is 5.32 Å². The number of ether oxygens (including phenoxy) is 3. The highest BCUT2D eigenvalue weighted by atomic mass is 16.7. The van der Waals surface area contributed by atoms with Gasteiger partial charge in [0.15, 0.2) is 18.4 Å². The summed E-state index contributed by atoms with van der Waals surface area (Å²) in [5, 5.41) is 44.0. The summed E-state index contributed by atoms with van der Waals surface area (Å²) in [7, 11) is 0. The van der Waals surface area contributed by atoms with Crippen molar-refractivity contribution in [3.8, 4) is 0 Å². The summed E-state index contributed by atoms with van der Waals surface area (Å²) in [4.78, 5) is 14.5. The second-order valence-corrected chi connectivity index (χ2v) is 14.9. The van der Waals surface area contributed by atoms with E-state index in [4.69, 9.17) is 14.2 Å². The zero-order chi connectivity index (χ0) is 29.7. The van der Waals surface area contributed by atoms with Gasteiger partial charge in [-0.25, -0.2) is 0 Å². The van der Waals surface area contributed by atoms with Crippen LogP contribution in [-0.4, -0.2) is 88.0 Å². The lowest BCUT2D eigenvalue weighted by molar-refractivity contribution is -0.341. The molecule has 42 heavy (non-hydrogen) atoms. The summed E-state index contributed by atoms with van der Waals surface area (Å²) in [6, 6.07) is 0.345. The summed E-state index contributed by atoms with van der Waals surface area (Å²) < 4.78 is 18.7. The third kappa shape index (κ3) is 4.14. The predicted octanol–water partition coefficient (Wildman–Crippen LogP) is 2.21. The van der Waals surface area contributed by atoms with E-state index in [-0.39, 0.29) is 35.1 Å². The van der Waals surface area contributed by atoms with Crippen molar-refractivity contribution >= 4 is 5.78 Å². The second kappa shape index (κ2) is 10.4. The summed E-state index contributed by atoms with van der Waals surface area (Å²) >= 11 is 0. The van der Waals surface area contributed by atoms with Gasteiger partial charge in [0.05, 0.1) is 36.4 Å². The Kier molecular flexibility index (Phi) is 7.34. The van der Waals surface area contributed by atoms with Crippen molar-refractivity contribution in [1.82, 2.24) is 5.32 Å². The van der Waals surface area contributed by atoms with Gasteiger partial charge in [0.2, 0.25) is 0 Å². The molecule has 234 valence electrons. The first kappa shape index (κ1) is 29.5. The van der Waals surface area contributed by atoms with Crippen LogP contribution in [0.1, 0.15) is 72.6 Å². The van der Waals surface area contributed by atoms with E-state index in [1.54, 1.807) is 0 Å². The topological polar surface area (TPSA) is 138 Å². The molecule has 3 aliphatic heterocycles. The molecule has 0 aromatic rings. The summed E-state index contributed by atoms with van der Waals surface area (Å²) in [6.45, 7) is 9.65. The normalized spacial score (nSPS) is 53.9. The molecule has 0 bridgehead atoms. The molecule has 9 nitrogen and oxygen atoms in total. The molecule has 2 saturated carbocycles. The van der Waals surface area contributed by atoms with E-state index < -0.39 is 37.3 Å². The first-order valence-electron chi connectivity index (χ1n) is 16.3. The molecule has 15 atom stereocenters. The van der Waals surface area contributed by atoms with Gasteiger partial charge in [-0.3, -0.25) is 4.79 Å². The number of rotatable bonds is 3. The standard InChI is InChI=1S/C33H49NO8/c1-15-11-23-26(34-13-15)17(3)33(42-23)10-8-20-21-6-5-18-12-19(40-31-22(14-35)27(36)29(38)30(39)41-31)7-9-32(18,4)25(21)28(37)24(20)16(33)2/h5,15,17,19-23,25-27,29-31,34-36,38-39H,6-14H2,1-4H3/t15-,17+,19-,20?,21?,22+,23+,25?,26-,27-,29-,30-,31-,32-,33-/m0/s1. The Morgan fingerprint density at radius 3 is 2.69 bits per heavy atom. The predicted molar refractivity (Wildman–Crippen MR) is 153 cm³/mol. The van der Waals surface area contributed by atoms with E-state index in [0.29, 0.717) is 42.4 Å². The first-order chi connectivity index (χ1) is 20.0. The Morgan fingerprint density at radius 1 is 1.14 bits per heavy atom. The number of aliphatic hydroxyl groups is 4. The number of ketones is 1. The van der Waals surface area contributed by atoms with Crippen LogP contribution in [0.25, 0.3) is 0 Å². The minimum absolute atomic E-state index is 0.0457. The van der Waals surface area contributed by atoms with Crippen molar-refractivity contribution < 1.29 is 39.4 Å². The third-order valence-electron chi connectivity index (χ3n) is 12.8. The molecule has 0 radical (unpaired) electrons. The van der Waals surface area contributed by atoms with E-state index in [1.165, 1.54) is 11.1 Å². The van der Waals surface area contributed by atoms with Gasteiger partial charge >= 0.3 is 0 Å². The Balaban J connectivity index is 1.11. The first-order valence-corrected chi connectivity index (χ1v) is 16.3. The van der Waals surface area contributed by atoms with Crippen molar-refractivity contribution in [1.29, 1.82) is 0 Å². The summed E-state index contributed by atoms with van der Waals surface area (Å²) in [6.07, 6.45) is 2.96. The van der Waals surface area contributed by atoms with Crippen LogP contribution in [0.4, 0.5) is 0 Å². The molecule has 3 heterocycles. The number of piperidine rings is 1. The molecule has 7 aliphatic rings. The largest absolute Gasteiger partial charge is 0.396 e. The SMILES string of the molecule is CC1=C2C(=O)C3C(CC=C4C[C@@H](O[C@H]5O[C@H](O)[C@@H](O)[C@@H](O)[C@H]5CO)CC[C@@]43C)C2CC[C@]12O[C@@H]1C[C@H](C)CN[C@H]1[C@H]2C. The van der Waals surface area contributed by atoms with Gasteiger partial charge in [-0.15, -0.1) is 0 Å². The molecule has 0 amide bonds. The average Bonchev–Trinajstić information content (AvgIpc) is 3.41. The monoisotopic (exact) mass is 587 g/mol. The smallest absolute Gasteiger partial charge is 0.186 e. The van der Waals surface area contributed by atoms with E-state index in [2.05, 4.69) is 39.1 Å². The molecular weight excluding hydrogens is 538 g/mol. The van der Waals surface area contributed by atoms with Crippen LogP contribution in [-0.2, 0) is 19.0 Å². The van der Waals surface area contributed by atoms with Gasteiger partial charge in [-0.1, -0.05) is 32.4 Å². The highest BCUT2D eigenvalue weighted by Gasteiger charge is 2.63. The molecule has 0 aromatic carbocycles. The number of hydrogen-bond donors (Lipinski definition) is 5. The van der Waals surface area contributed by atoms with Crippen LogP contribution in [0.15, 0.2) is 22.8 Å². The molecule has 5 N–H and O–H groups in total. The van der Waals surface area contributed by atoms with Crippen molar-refractivity contribution in [2.45, 2.75) is 121 Å². The van der Waals surface area contributed by atoms with Gasteiger partial charge in [0.25, 0.3) is 0 Å². The van der Waals surface area contributed by atoms with Gasteiger partial charge in [-0.05, 0) is 87.2 Å². The zero-order valence-electron chi connectivity index (χ0n) is 25.4. The Hall–Kier alpha value is -1.17. The highest BCUT2D eigenvalue weighted by molar-refractivity contribution is 6.02. The number of carbonyl (C=O) groups is 1. The van der Waals surface area contributed by atoms with Crippen molar-refractivity contribution in [3.63, 3.8) is 0 Å². The Labute approximate surface area is 248 Å². The van der Waals surface area contributed by atoms with Crippen molar-refractivity contribution in [2.75, 3.05) is 13.2 Å². The number of allylic oxidation sites excluding steroid dienone is 2. The minimum Gasteiger partial charge on any atom is -0.396 e. The third-order valence-corrected chi connectivity index (χ3v) is 12.8. The maximum Gasteiger partial charge on any atom is 0.186 e. The van der Waals surface area contributed by atoms with Gasteiger partial charge in [0.1, 0.15) is 6.10 Å². The summed E-state index contributed by atoms with van der Waals surface area (Å²) in [5.41, 5.74) is 2.90. The van der Waals surface area contributed by atoms with Crippen LogP contribution in [0, 0.1) is 40.9 Å². The Bertz CT molecular complexity index is 1170. The Morgan fingerprint density at radius 2 is 1.93 bits per heavy atom. The van der Waals surface area contributed by atoms with E-state index in [9.17, 15) is 25.2 Å². The molecule has 0 aromatic heterocycles. The number of aliphatic hydroxyl groups excluding tert-OH is 4. The van der Waals surface area contributed by atoms with E-state index in [1.807, 2.05) is 0 Å². The number of carbonyl (C=O) groups excluding carboxylic acids is 1. The minimum atomic E-state index is -1.58. The fourth-order valence-corrected chi connectivity index (χ4v) is 10.4. The van der Waals surface area contributed by atoms with Crippen molar-refractivity contribution in [3.05, 3.63) is 22.8 Å². The molecular formula is C33H49NO8. The van der Waals surface area contributed by atoms with Crippen LogP contribution in [0.2, 0.25) is 0 Å². The molecule has 9 heteroatoms. The highest BCUT2D eigenvalue weighted by Crippen LogP contribution is 2.64. The number of Topliss-reactive ketones (excluding diaryl/α,β-unsaturated/α-hetero) is 1. The number of nitrogens with one attached hydrogen (secondary N) is 1. The van der Waals surface area contributed by atoms with E-state index >= 15 is 0 Å². The fourth-order valence-electron chi connectivity index (χ4n) is 10.4. The molecule has 4 aliphatic carbocycles. The van der Waals surface area contributed by atoms with Crippen LogP contribution in [0.3, 0.4) is 0 Å². The maximum atomic E-state index is 14.5. The quantitative estimate of drug-likeness (QED) is 0.315. The van der Waals surface area contributed by atoms with E-state index in [0.717, 1.165) is 44.2 Å².